The molecule has 0 aliphatic heterocycles. The van der Waals surface area contributed by atoms with E-state index in [-0.39, 0.29) is 0 Å². The highest BCUT2D eigenvalue weighted by atomic mass is 16.5. The standard InChI is InChI=1S/C4H8N2O4/c5-3(8)1-2(7)4(9)6-10/h2,7,10H,1H2,(H2,5,8)(H,6,9)/t2-/m0/s1. The first kappa shape index (κ1) is 8.86. The van der Waals surface area contributed by atoms with Crippen LogP contribution in [0.4, 0.5) is 0 Å². The van der Waals surface area contributed by atoms with Crippen molar-refractivity contribution in [3.8, 4) is 0 Å². The monoisotopic (exact) mass is 148 g/mol. The molecule has 6 nitrogen and oxygen atoms in total. The molecule has 2 amide bonds. The van der Waals surface area contributed by atoms with Gasteiger partial charge in [-0.2, -0.15) is 0 Å². The van der Waals surface area contributed by atoms with E-state index in [9.17, 15) is 9.59 Å². The molecule has 0 fully saturated rings. The first-order chi connectivity index (χ1) is 4.57. The van der Waals surface area contributed by atoms with Gasteiger partial charge in [-0.3, -0.25) is 14.8 Å². The van der Waals surface area contributed by atoms with E-state index in [0.29, 0.717) is 0 Å². The SMILES string of the molecule is NC(=O)C[C@H](O)C(=O)NO. The largest absolute Gasteiger partial charge is 0.383 e. The summed E-state index contributed by atoms with van der Waals surface area (Å²) in [6.07, 6.45) is -2.06. The van der Waals surface area contributed by atoms with Crippen molar-refractivity contribution in [2.75, 3.05) is 0 Å². The minimum atomic E-state index is -1.57. The van der Waals surface area contributed by atoms with Gasteiger partial charge in [-0.25, -0.2) is 5.48 Å². The number of primary amides is 1. The van der Waals surface area contributed by atoms with Crippen molar-refractivity contribution in [2.45, 2.75) is 12.5 Å². The maximum Gasteiger partial charge on any atom is 0.272 e. The van der Waals surface area contributed by atoms with Crippen molar-refractivity contribution in [2.24, 2.45) is 5.73 Å². The molecule has 0 saturated carbocycles. The third-order valence-electron chi connectivity index (χ3n) is 0.807. The van der Waals surface area contributed by atoms with Crippen LogP contribution in [0.15, 0.2) is 0 Å². The minimum Gasteiger partial charge on any atom is -0.383 e. The lowest BCUT2D eigenvalue weighted by Gasteiger charge is -2.03. The molecule has 0 heterocycles. The summed E-state index contributed by atoms with van der Waals surface area (Å²) in [5.74, 6) is -1.85. The van der Waals surface area contributed by atoms with Gasteiger partial charge in [-0.15, -0.1) is 0 Å². The third kappa shape index (κ3) is 3.00. The van der Waals surface area contributed by atoms with Crippen LogP contribution in [0, 0.1) is 0 Å². The van der Waals surface area contributed by atoms with Gasteiger partial charge < -0.3 is 10.8 Å². The Morgan fingerprint density at radius 1 is 1.60 bits per heavy atom. The van der Waals surface area contributed by atoms with Crippen molar-refractivity contribution in [1.29, 1.82) is 0 Å². The third-order valence-corrected chi connectivity index (χ3v) is 0.807. The van der Waals surface area contributed by atoms with E-state index in [4.69, 9.17) is 10.3 Å². The molecule has 0 aromatic heterocycles. The van der Waals surface area contributed by atoms with Gasteiger partial charge in [0.1, 0.15) is 6.10 Å². The highest BCUT2D eigenvalue weighted by molar-refractivity contribution is 5.85. The molecule has 1 atom stereocenters. The lowest BCUT2D eigenvalue weighted by Crippen LogP contribution is -2.35. The van der Waals surface area contributed by atoms with Crippen molar-refractivity contribution < 1.29 is 19.9 Å². The molecule has 0 aromatic rings. The van der Waals surface area contributed by atoms with Crippen LogP contribution in [0.2, 0.25) is 0 Å². The molecule has 0 rings (SSSR count). The maximum absolute atomic E-state index is 10.2. The second-order valence-corrected chi connectivity index (χ2v) is 1.66. The minimum absolute atomic E-state index is 0.494. The second-order valence-electron chi connectivity index (χ2n) is 1.66. The van der Waals surface area contributed by atoms with E-state index in [1.165, 1.54) is 5.48 Å². The molecule has 0 aliphatic rings. The Labute approximate surface area is 56.6 Å². The molecule has 0 bridgehead atoms. The predicted molar refractivity (Wildman–Crippen MR) is 29.7 cm³/mol. The first-order valence-corrected chi connectivity index (χ1v) is 2.48. The van der Waals surface area contributed by atoms with Crippen LogP contribution in [0.1, 0.15) is 6.42 Å². The molecular formula is C4H8N2O4. The van der Waals surface area contributed by atoms with Gasteiger partial charge in [0.25, 0.3) is 5.91 Å². The van der Waals surface area contributed by atoms with Crippen molar-refractivity contribution >= 4 is 11.8 Å². The Morgan fingerprint density at radius 2 is 2.10 bits per heavy atom. The summed E-state index contributed by atoms with van der Waals surface area (Å²) >= 11 is 0. The number of aliphatic hydroxyl groups excluding tert-OH is 1. The second kappa shape index (κ2) is 3.80. The summed E-state index contributed by atoms with van der Waals surface area (Å²) in [6, 6.07) is 0. The number of hydroxylamine groups is 1. The Morgan fingerprint density at radius 3 is 2.40 bits per heavy atom. The fraction of sp³-hybridized carbons (Fsp3) is 0.500. The Balaban J connectivity index is 3.72. The van der Waals surface area contributed by atoms with E-state index in [2.05, 4.69) is 5.73 Å². The Bertz CT molecular complexity index is 146. The molecule has 58 valence electrons. The van der Waals surface area contributed by atoms with Gasteiger partial charge in [-0.05, 0) is 0 Å². The van der Waals surface area contributed by atoms with Gasteiger partial charge >= 0.3 is 0 Å². The number of carbonyl (C=O) groups is 2. The summed E-state index contributed by atoms with van der Waals surface area (Å²) in [5, 5.41) is 16.5. The number of amides is 2. The summed E-state index contributed by atoms with van der Waals surface area (Å²) < 4.78 is 0. The van der Waals surface area contributed by atoms with Gasteiger partial charge in [0.15, 0.2) is 0 Å². The molecule has 0 saturated heterocycles. The highest BCUT2D eigenvalue weighted by Gasteiger charge is 2.15. The van der Waals surface area contributed by atoms with Crippen LogP contribution in [0.25, 0.3) is 0 Å². The van der Waals surface area contributed by atoms with Crippen LogP contribution >= 0.6 is 0 Å². The number of hydrogen-bond donors (Lipinski definition) is 4. The molecular weight excluding hydrogens is 140 g/mol. The number of hydrogen-bond acceptors (Lipinski definition) is 4. The van der Waals surface area contributed by atoms with Gasteiger partial charge in [-0.1, -0.05) is 0 Å². The van der Waals surface area contributed by atoms with Crippen LogP contribution in [0.5, 0.6) is 0 Å². The van der Waals surface area contributed by atoms with E-state index < -0.39 is 24.3 Å². The topological polar surface area (TPSA) is 113 Å². The molecule has 10 heavy (non-hydrogen) atoms. The van der Waals surface area contributed by atoms with Gasteiger partial charge in [0.2, 0.25) is 5.91 Å². The fourth-order valence-electron chi connectivity index (χ4n) is 0.358. The quantitative estimate of drug-likeness (QED) is 0.267. The summed E-state index contributed by atoms with van der Waals surface area (Å²) in [5.41, 5.74) is 5.80. The smallest absolute Gasteiger partial charge is 0.272 e. The van der Waals surface area contributed by atoms with E-state index in [1.807, 2.05) is 0 Å². The van der Waals surface area contributed by atoms with Crippen LogP contribution in [-0.4, -0.2) is 28.2 Å². The Kier molecular flexibility index (Phi) is 3.37. The number of aliphatic hydroxyl groups is 1. The number of rotatable bonds is 3. The first-order valence-electron chi connectivity index (χ1n) is 2.48. The number of nitrogens with one attached hydrogen (secondary N) is 1. The normalized spacial score (nSPS) is 12.2. The maximum atomic E-state index is 10.2. The highest BCUT2D eigenvalue weighted by Crippen LogP contribution is 1.88. The molecule has 6 heteroatoms. The lowest BCUT2D eigenvalue weighted by atomic mass is 10.2. The molecule has 0 unspecified atom stereocenters. The van der Waals surface area contributed by atoms with Crippen molar-refractivity contribution in [1.82, 2.24) is 5.48 Å². The summed E-state index contributed by atoms with van der Waals surface area (Å²) in [4.78, 5) is 20.3. The van der Waals surface area contributed by atoms with Crippen molar-refractivity contribution in [3.05, 3.63) is 0 Å². The molecule has 0 aromatic carbocycles. The zero-order chi connectivity index (χ0) is 8.15. The average Bonchev–Trinajstić information content (AvgIpc) is 1.85. The van der Waals surface area contributed by atoms with Crippen LogP contribution < -0.4 is 11.2 Å². The van der Waals surface area contributed by atoms with E-state index in [1.54, 1.807) is 0 Å². The van der Waals surface area contributed by atoms with Crippen LogP contribution in [0.3, 0.4) is 0 Å². The van der Waals surface area contributed by atoms with Gasteiger partial charge in [0.05, 0.1) is 6.42 Å². The molecule has 0 radical (unpaired) electrons. The van der Waals surface area contributed by atoms with Crippen molar-refractivity contribution in [3.63, 3.8) is 0 Å². The number of nitrogens with two attached hydrogens (primary N) is 1. The van der Waals surface area contributed by atoms with Crippen LogP contribution in [-0.2, 0) is 9.59 Å². The summed E-state index contributed by atoms with van der Waals surface area (Å²) in [7, 11) is 0. The zero-order valence-corrected chi connectivity index (χ0v) is 5.07. The van der Waals surface area contributed by atoms with E-state index >= 15 is 0 Å². The molecule has 0 aliphatic carbocycles. The van der Waals surface area contributed by atoms with Gasteiger partial charge in [0, 0.05) is 0 Å². The van der Waals surface area contributed by atoms with E-state index in [0.717, 1.165) is 0 Å². The average molecular weight is 148 g/mol. The zero-order valence-electron chi connectivity index (χ0n) is 5.07. The lowest BCUT2D eigenvalue weighted by molar-refractivity contribution is -0.140. The number of carbonyl (C=O) groups excluding carboxylic acids is 2. The fourth-order valence-corrected chi connectivity index (χ4v) is 0.358. The summed E-state index contributed by atoms with van der Waals surface area (Å²) in [6.45, 7) is 0. The molecule has 5 N–H and O–H groups in total. The molecule has 0 spiro atoms. The predicted octanol–water partition coefficient (Wildman–Crippen LogP) is -2.27. The Hall–Kier alpha value is -1.14.